The predicted molar refractivity (Wildman–Crippen MR) is 80.4 cm³/mol. The molecule has 20 heavy (non-hydrogen) atoms. The lowest BCUT2D eigenvalue weighted by Crippen LogP contribution is -2.40. The molecule has 2 aromatic rings. The van der Waals surface area contributed by atoms with E-state index >= 15 is 0 Å². The molecule has 1 saturated heterocycles. The Bertz CT molecular complexity index is 623. The molecule has 0 spiro atoms. The molecule has 1 aliphatic heterocycles. The fourth-order valence-corrected chi connectivity index (χ4v) is 2.96. The molecule has 3 nitrogen and oxygen atoms in total. The monoisotopic (exact) mass is 268 g/mol. The molecule has 0 N–H and O–H groups in total. The molecule has 1 unspecified atom stereocenters. The van der Waals surface area contributed by atoms with Gasteiger partial charge in [-0.2, -0.15) is 0 Å². The van der Waals surface area contributed by atoms with Crippen LogP contribution < -0.4 is 0 Å². The number of hydrogen-bond donors (Lipinski definition) is 0. The van der Waals surface area contributed by atoms with Crippen LogP contribution in [0.25, 0.3) is 10.9 Å². The van der Waals surface area contributed by atoms with Crippen LogP contribution in [0.5, 0.6) is 0 Å². The average Bonchev–Trinajstić information content (AvgIpc) is 2.49. The number of Topliss-reactive ketones (excluding diaryl/α,β-unsaturated/α-hetero) is 1. The number of nitrogens with zero attached hydrogens (tertiary/aromatic N) is 2. The molecule has 3 rings (SSSR count). The topological polar surface area (TPSA) is 33.2 Å². The van der Waals surface area contributed by atoms with E-state index in [0.29, 0.717) is 12.2 Å². The highest BCUT2D eigenvalue weighted by Gasteiger charge is 2.25. The van der Waals surface area contributed by atoms with E-state index in [4.69, 9.17) is 0 Å². The van der Waals surface area contributed by atoms with Gasteiger partial charge in [0, 0.05) is 43.6 Å². The first-order valence-electron chi connectivity index (χ1n) is 7.35. The number of carbonyl (C=O) groups is 1. The number of aromatic nitrogens is 1. The highest BCUT2D eigenvalue weighted by atomic mass is 16.1. The van der Waals surface area contributed by atoms with E-state index in [1.807, 2.05) is 12.3 Å². The Kier molecular flexibility index (Phi) is 3.79. The van der Waals surface area contributed by atoms with Gasteiger partial charge in [0.1, 0.15) is 5.78 Å². The average molecular weight is 268 g/mol. The maximum absolute atomic E-state index is 11.8. The first kappa shape index (κ1) is 13.3. The molecule has 0 aliphatic carbocycles. The van der Waals surface area contributed by atoms with Gasteiger partial charge in [-0.05, 0) is 30.2 Å². The van der Waals surface area contributed by atoms with Crippen LogP contribution in [0.15, 0.2) is 36.5 Å². The van der Waals surface area contributed by atoms with Gasteiger partial charge in [0.05, 0.1) is 5.52 Å². The van der Waals surface area contributed by atoms with Crippen LogP contribution in [0, 0.1) is 5.92 Å². The summed E-state index contributed by atoms with van der Waals surface area (Å²) in [4.78, 5) is 18.5. The van der Waals surface area contributed by atoms with E-state index in [1.165, 1.54) is 10.9 Å². The van der Waals surface area contributed by atoms with E-state index in [9.17, 15) is 4.79 Å². The lowest BCUT2D eigenvalue weighted by molar-refractivity contribution is -0.126. The number of likely N-dealkylation sites (tertiary alicyclic amines) is 1. The third kappa shape index (κ3) is 2.73. The molecule has 104 valence electrons. The summed E-state index contributed by atoms with van der Waals surface area (Å²) in [5.41, 5.74) is 2.34. The number of hydrogen-bond acceptors (Lipinski definition) is 3. The molecule has 1 aromatic carbocycles. The SMILES string of the molecule is CCC1CN(Cc2ccc3ncccc3c2)CCC1=O. The van der Waals surface area contributed by atoms with Gasteiger partial charge in [0.25, 0.3) is 0 Å². The van der Waals surface area contributed by atoms with Crippen molar-refractivity contribution in [2.24, 2.45) is 5.92 Å². The Balaban J connectivity index is 1.74. The third-order valence-electron chi connectivity index (χ3n) is 4.17. The smallest absolute Gasteiger partial charge is 0.138 e. The van der Waals surface area contributed by atoms with Gasteiger partial charge in [-0.1, -0.05) is 19.1 Å². The van der Waals surface area contributed by atoms with Crippen LogP contribution in [-0.2, 0) is 11.3 Å². The second-order valence-corrected chi connectivity index (χ2v) is 5.59. The maximum Gasteiger partial charge on any atom is 0.138 e. The van der Waals surface area contributed by atoms with Crippen molar-refractivity contribution >= 4 is 16.7 Å². The molecule has 1 aliphatic rings. The van der Waals surface area contributed by atoms with Crippen LogP contribution >= 0.6 is 0 Å². The van der Waals surface area contributed by atoms with Crippen molar-refractivity contribution in [3.05, 3.63) is 42.1 Å². The summed E-state index contributed by atoms with van der Waals surface area (Å²) in [6.45, 7) is 4.82. The zero-order chi connectivity index (χ0) is 13.9. The standard InChI is InChI=1S/C17H20N2O/c1-2-14-12-19(9-7-17(14)20)11-13-5-6-16-15(10-13)4-3-8-18-16/h3-6,8,10,14H,2,7,9,11-12H2,1H3. The molecule has 0 amide bonds. The highest BCUT2D eigenvalue weighted by Crippen LogP contribution is 2.20. The van der Waals surface area contributed by atoms with Crippen LogP contribution in [0.4, 0.5) is 0 Å². The van der Waals surface area contributed by atoms with Gasteiger partial charge in [0.2, 0.25) is 0 Å². The lowest BCUT2D eigenvalue weighted by atomic mass is 9.94. The van der Waals surface area contributed by atoms with Crippen LogP contribution in [0.2, 0.25) is 0 Å². The normalized spacial score (nSPS) is 20.4. The van der Waals surface area contributed by atoms with Gasteiger partial charge < -0.3 is 0 Å². The summed E-state index contributed by atoms with van der Waals surface area (Å²) >= 11 is 0. The molecule has 2 heterocycles. The molecule has 1 atom stereocenters. The first-order chi connectivity index (χ1) is 9.76. The van der Waals surface area contributed by atoms with Crippen molar-refractivity contribution in [3.63, 3.8) is 0 Å². The van der Waals surface area contributed by atoms with Gasteiger partial charge in [-0.25, -0.2) is 0 Å². The molecule has 1 aromatic heterocycles. The van der Waals surface area contributed by atoms with Crippen molar-refractivity contribution in [1.82, 2.24) is 9.88 Å². The number of pyridine rings is 1. The molecule has 0 bridgehead atoms. The summed E-state index contributed by atoms with van der Waals surface area (Å²) in [5.74, 6) is 0.664. The molecule has 0 saturated carbocycles. The molecule has 1 fully saturated rings. The fraction of sp³-hybridized carbons (Fsp3) is 0.412. The van der Waals surface area contributed by atoms with Crippen molar-refractivity contribution in [1.29, 1.82) is 0 Å². The second kappa shape index (κ2) is 5.71. The maximum atomic E-state index is 11.8. The van der Waals surface area contributed by atoms with Crippen LogP contribution in [0.1, 0.15) is 25.3 Å². The lowest BCUT2D eigenvalue weighted by Gasteiger charge is -2.31. The molecule has 0 radical (unpaired) electrons. The zero-order valence-corrected chi connectivity index (χ0v) is 11.9. The predicted octanol–water partition coefficient (Wildman–Crippen LogP) is 3.04. The summed E-state index contributed by atoms with van der Waals surface area (Å²) < 4.78 is 0. The minimum Gasteiger partial charge on any atom is -0.299 e. The number of rotatable bonds is 3. The van der Waals surface area contributed by atoms with Gasteiger partial charge in [-0.3, -0.25) is 14.7 Å². The minimum atomic E-state index is 0.228. The number of fused-ring (bicyclic) bond motifs is 1. The fourth-order valence-electron chi connectivity index (χ4n) is 2.96. The van der Waals surface area contributed by atoms with Crippen LogP contribution in [-0.4, -0.2) is 28.8 Å². The van der Waals surface area contributed by atoms with Crippen LogP contribution in [0.3, 0.4) is 0 Å². The second-order valence-electron chi connectivity index (χ2n) is 5.59. The quantitative estimate of drug-likeness (QED) is 0.858. The summed E-state index contributed by atoms with van der Waals surface area (Å²) in [6.07, 6.45) is 3.48. The van der Waals surface area contributed by atoms with Crippen molar-refractivity contribution in [2.75, 3.05) is 13.1 Å². The number of piperidine rings is 1. The Labute approximate surface area is 119 Å². The summed E-state index contributed by atoms with van der Waals surface area (Å²) in [6, 6.07) is 10.5. The van der Waals surface area contributed by atoms with Gasteiger partial charge in [0.15, 0.2) is 0 Å². The van der Waals surface area contributed by atoms with E-state index in [2.05, 4.69) is 41.1 Å². The van der Waals surface area contributed by atoms with Crippen molar-refractivity contribution in [3.8, 4) is 0 Å². The van der Waals surface area contributed by atoms with Gasteiger partial charge in [-0.15, -0.1) is 0 Å². The van der Waals surface area contributed by atoms with E-state index in [0.717, 1.165) is 31.6 Å². The van der Waals surface area contributed by atoms with Crippen molar-refractivity contribution in [2.45, 2.75) is 26.3 Å². The molecule has 3 heteroatoms. The Morgan fingerprint density at radius 1 is 1.35 bits per heavy atom. The Morgan fingerprint density at radius 3 is 3.10 bits per heavy atom. The van der Waals surface area contributed by atoms with Gasteiger partial charge >= 0.3 is 0 Å². The number of ketones is 1. The molecular formula is C17H20N2O. The molecular weight excluding hydrogens is 248 g/mol. The van der Waals surface area contributed by atoms with E-state index in [-0.39, 0.29) is 5.92 Å². The summed E-state index contributed by atoms with van der Waals surface area (Å²) in [5, 5.41) is 1.19. The number of carbonyl (C=O) groups excluding carboxylic acids is 1. The zero-order valence-electron chi connectivity index (χ0n) is 11.9. The summed E-state index contributed by atoms with van der Waals surface area (Å²) in [7, 11) is 0. The first-order valence-corrected chi connectivity index (χ1v) is 7.35. The number of benzene rings is 1. The van der Waals surface area contributed by atoms with E-state index in [1.54, 1.807) is 0 Å². The van der Waals surface area contributed by atoms with Crippen molar-refractivity contribution < 1.29 is 4.79 Å². The van der Waals surface area contributed by atoms with E-state index < -0.39 is 0 Å². The minimum absolute atomic E-state index is 0.228. The third-order valence-corrected chi connectivity index (χ3v) is 4.17. The largest absolute Gasteiger partial charge is 0.299 e. The Hall–Kier alpha value is -1.74. The highest BCUT2D eigenvalue weighted by molar-refractivity contribution is 5.82. The Morgan fingerprint density at radius 2 is 2.25 bits per heavy atom.